The van der Waals surface area contributed by atoms with Crippen LogP contribution in [0.25, 0.3) is 12.2 Å². The Balaban J connectivity index is 0.000000186. The number of nitrogens with zero attached hydrogens (tertiary/aromatic N) is 4. The molecule has 0 aromatic carbocycles. The summed E-state index contributed by atoms with van der Waals surface area (Å²) in [6.07, 6.45) is 1.57. The molecule has 2 aromatic rings. The first-order chi connectivity index (χ1) is 29.5. The molecule has 0 bridgehead atoms. The topological polar surface area (TPSA) is 149 Å². The van der Waals surface area contributed by atoms with Crippen LogP contribution < -0.4 is 21.8 Å². The van der Waals surface area contributed by atoms with Gasteiger partial charge in [-0.1, -0.05) is 24.3 Å². The van der Waals surface area contributed by atoms with E-state index in [1.807, 2.05) is 0 Å². The van der Waals surface area contributed by atoms with Crippen LogP contribution in [0.3, 0.4) is 0 Å². The van der Waals surface area contributed by atoms with Crippen LogP contribution in [-0.4, -0.2) is 104 Å². The van der Waals surface area contributed by atoms with E-state index in [1.54, 1.807) is 81.4 Å². The van der Waals surface area contributed by atoms with Gasteiger partial charge in [0.1, 0.15) is 0 Å². The number of halogens is 6. The Hall–Kier alpha value is -4.26. The largest absolute Gasteiger partial charge is 0.396 e. The van der Waals surface area contributed by atoms with E-state index < -0.39 is 61.2 Å². The molecule has 62 heavy (non-hydrogen) atoms. The summed E-state index contributed by atoms with van der Waals surface area (Å²) in [5.74, 6) is -2.32. The summed E-state index contributed by atoms with van der Waals surface area (Å²) >= 11 is 0. The number of fused-ring (bicyclic) bond motifs is 6. The average Bonchev–Trinajstić information content (AvgIpc) is 3.91. The molecule has 6 heterocycles. The third-order valence-electron chi connectivity index (χ3n) is 13.9. The van der Waals surface area contributed by atoms with E-state index in [0.717, 1.165) is 38.5 Å². The molecule has 4 aliphatic heterocycles. The SMILES string of the molecule is C/C=C/c1ccc2n(c1=O)C[C@H]1[C@H](CO)[C@@H](C(=O)NC3CCC3)N(CCC(F)(F)F)[C@@H]21.C/C=C\c1ccc2n(c1=O)C[C@H]1[C@H](CO)[C@@H](C(=O)NC3CCC3)N(CCC(F)(F)F)[C@@H]21. The first-order valence-corrected chi connectivity index (χ1v) is 21.7. The normalized spacial score (nSPS) is 28.5. The molecule has 2 saturated heterocycles. The molecule has 12 nitrogen and oxygen atoms in total. The molecular formula is C44H56F6N6O6. The maximum absolute atomic E-state index is 13.1. The van der Waals surface area contributed by atoms with E-state index in [1.165, 1.54) is 0 Å². The lowest BCUT2D eigenvalue weighted by Gasteiger charge is -2.34. The number of aliphatic hydroxyl groups is 2. The Kier molecular flexibility index (Phi) is 13.6. The standard InChI is InChI=1S/2C22H28F3N3O3/c2*1-2-4-13-7-8-17-18-15(11-28(17)21(13)31)16(12-29)19(20(30)26-14-5-3-6-14)27(18)10-9-22(23,24)25/h2*2,4,7-8,14-16,18-19,29H,3,5-6,9-12H2,1H3,(H,26,30)/b4-2+;4-2-/t2*15-,16-,18+,19-/m00/s1. The van der Waals surface area contributed by atoms with Crippen molar-refractivity contribution in [1.29, 1.82) is 0 Å². The predicted molar refractivity (Wildman–Crippen MR) is 218 cm³/mol. The highest BCUT2D eigenvalue weighted by Crippen LogP contribution is 2.51. The van der Waals surface area contributed by atoms with Crippen LogP contribution >= 0.6 is 0 Å². The van der Waals surface area contributed by atoms with E-state index in [0.29, 0.717) is 22.5 Å². The molecule has 8 atom stereocenters. The molecule has 0 radical (unpaired) electrons. The summed E-state index contributed by atoms with van der Waals surface area (Å²) in [5.41, 5.74) is 1.84. The Bertz CT molecular complexity index is 2000. The van der Waals surface area contributed by atoms with E-state index in [-0.39, 0.29) is 86.2 Å². The van der Waals surface area contributed by atoms with Crippen LogP contribution in [0.15, 0.2) is 46.0 Å². The molecule has 0 spiro atoms. The third kappa shape index (κ3) is 9.06. The zero-order valence-electron chi connectivity index (χ0n) is 34.9. The minimum atomic E-state index is -4.37. The zero-order chi connectivity index (χ0) is 44.7. The first kappa shape index (κ1) is 45.8. The number of aromatic nitrogens is 2. The second kappa shape index (κ2) is 18.5. The second-order valence-electron chi connectivity index (χ2n) is 17.5. The molecule has 2 amide bonds. The summed E-state index contributed by atoms with van der Waals surface area (Å²) in [7, 11) is 0. The average molecular weight is 879 g/mol. The number of nitrogens with one attached hydrogen (secondary N) is 2. The van der Waals surface area contributed by atoms with Crippen LogP contribution in [0.4, 0.5) is 26.3 Å². The summed E-state index contributed by atoms with van der Waals surface area (Å²) < 4.78 is 81.7. The summed E-state index contributed by atoms with van der Waals surface area (Å²) in [6, 6.07) is 4.27. The maximum atomic E-state index is 13.1. The number of alkyl halides is 6. The van der Waals surface area contributed by atoms with E-state index in [4.69, 9.17) is 0 Å². The van der Waals surface area contributed by atoms with Gasteiger partial charge in [-0.2, -0.15) is 26.3 Å². The molecule has 8 rings (SSSR count). The van der Waals surface area contributed by atoms with Gasteiger partial charge in [-0.15, -0.1) is 0 Å². The van der Waals surface area contributed by atoms with E-state index in [2.05, 4.69) is 10.6 Å². The highest BCUT2D eigenvalue weighted by molar-refractivity contribution is 5.84. The Morgan fingerprint density at radius 3 is 1.32 bits per heavy atom. The molecule has 18 heteroatoms. The molecule has 6 aliphatic rings. The molecule has 2 saturated carbocycles. The van der Waals surface area contributed by atoms with Crippen molar-refractivity contribution in [3.05, 3.63) is 79.6 Å². The fraction of sp³-hybridized carbons (Fsp3) is 0.636. The van der Waals surface area contributed by atoms with E-state index >= 15 is 0 Å². The van der Waals surface area contributed by atoms with Gasteiger partial charge < -0.3 is 30.0 Å². The van der Waals surface area contributed by atoms with Crippen LogP contribution in [0.5, 0.6) is 0 Å². The van der Waals surface area contributed by atoms with Gasteiger partial charge in [-0.3, -0.25) is 29.0 Å². The lowest BCUT2D eigenvalue weighted by molar-refractivity contribution is -0.144. The minimum Gasteiger partial charge on any atom is -0.396 e. The highest BCUT2D eigenvalue weighted by atomic mass is 19.4. The summed E-state index contributed by atoms with van der Waals surface area (Å²) in [4.78, 5) is 55.1. The van der Waals surface area contributed by atoms with Crippen molar-refractivity contribution in [2.45, 2.75) is 127 Å². The van der Waals surface area contributed by atoms with Gasteiger partial charge in [0, 0.05) is 97.7 Å². The lowest BCUT2D eigenvalue weighted by atomic mass is 9.87. The lowest BCUT2D eigenvalue weighted by Crippen LogP contribution is -2.52. The van der Waals surface area contributed by atoms with Gasteiger partial charge in [0.2, 0.25) is 11.8 Å². The summed E-state index contributed by atoms with van der Waals surface area (Å²) in [6.45, 7) is 2.82. The number of allylic oxidation sites excluding steroid dienone is 2. The van der Waals surface area contributed by atoms with Gasteiger partial charge in [0.25, 0.3) is 11.1 Å². The minimum absolute atomic E-state index is 0.0510. The van der Waals surface area contributed by atoms with Crippen LogP contribution in [-0.2, 0) is 22.7 Å². The number of carbonyl (C=O) groups excluding carboxylic acids is 2. The monoisotopic (exact) mass is 878 g/mol. The van der Waals surface area contributed by atoms with Crippen molar-refractivity contribution in [2.24, 2.45) is 23.7 Å². The molecule has 4 fully saturated rings. The molecule has 4 N–H and O–H groups in total. The number of hydrogen-bond donors (Lipinski definition) is 4. The zero-order valence-corrected chi connectivity index (χ0v) is 34.9. The number of aliphatic hydroxyl groups excluding tert-OH is 2. The van der Waals surface area contributed by atoms with Crippen LogP contribution in [0.1, 0.15) is 99.8 Å². The van der Waals surface area contributed by atoms with Gasteiger partial charge in [-0.05, 0) is 76.6 Å². The number of pyridine rings is 2. The Morgan fingerprint density at radius 1 is 0.661 bits per heavy atom. The van der Waals surface area contributed by atoms with Gasteiger partial charge in [-0.25, -0.2) is 0 Å². The molecule has 0 unspecified atom stereocenters. The number of rotatable bonds is 12. The predicted octanol–water partition coefficient (Wildman–Crippen LogP) is 4.93. The quantitative estimate of drug-likeness (QED) is 0.220. The van der Waals surface area contributed by atoms with Gasteiger partial charge in [0.15, 0.2) is 0 Å². The number of carbonyl (C=O) groups is 2. The van der Waals surface area contributed by atoms with Gasteiger partial charge in [0.05, 0.1) is 37.0 Å². The van der Waals surface area contributed by atoms with Crippen molar-refractivity contribution in [2.75, 3.05) is 26.3 Å². The maximum Gasteiger partial charge on any atom is 0.390 e. The van der Waals surface area contributed by atoms with Crippen molar-refractivity contribution >= 4 is 24.0 Å². The number of likely N-dealkylation sites (tertiary alicyclic amines) is 2. The van der Waals surface area contributed by atoms with Crippen LogP contribution in [0, 0.1) is 23.7 Å². The second-order valence-corrected chi connectivity index (χ2v) is 17.5. The highest BCUT2D eigenvalue weighted by Gasteiger charge is 2.57. The van der Waals surface area contributed by atoms with Crippen molar-refractivity contribution < 1.29 is 46.1 Å². The number of amides is 2. The molecule has 2 aromatic heterocycles. The van der Waals surface area contributed by atoms with Gasteiger partial charge >= 0.3 is 12.4 Å². The molecule has 340 valence electrons. The third-order valence-corrected chi connectivity index (χ3v) is 13.9. The Labute approximate surface area is 355 Å². The summed E-state index contributed by atoms with van der Waals surface area (Å²) in [5, 5.41) is 26.2. The molecule has 2 aliphatic carbocycles. The fourth-order valence-corrected chi connectivity index (χ4v) is 10.6. The van der Waals surface area contributed by atoms with Crippen molar-refractivity contribution in [3.8, 4) is 0 Å². The fourth-order valence-electron chi connectivity index (χ4n) is 10.6. The smallest absolute Gasteiger partial charge is 0.390 e. The molecular weight excluding hydrogens is 823 g/mol. The Morgan fingerprint density at radius 2 is 1.03 bits per heavy atom. The van der Waals surface area contributed by atoms with Crippen molar-refractivity contribution in [1.82, 2.24) is 29.6 Å². The first-order valence-electron chi connectivity index (χ1n) is 21.7. The van der Waals surface area contributed by atoms with Crippen molar-refractivity contribution in [3.63, 3.8) is 0 Å². The van der Waals surface area contributed by atoms with Crippen LogP contribution in [0.2, 0.25) is 0 Å². The number of hydrogen-bond acceptors (Lipinski definition) is 8. The van der Waals surface area contributed by atoms with E-state index in [9.17, 15) is 55.7 Å².